The molecule has 6 unspecified atom stereocenters. The third-order valence-electron chi connectivity index (χ3n) is 7.68. The van der Waals surface area contributed by atoms with E-state index < -0.39 is 0 Å². The monoisotopic (exact) mass is 270 g/mol. The molecular weight excluding hydrogens is 240 g/mol. The van der Waals surface area contributed by atoms with Crippen LogP contribution >= 0.6 is 0 Å². The van der Waals surface area contributed by atoms with E-state index in [4.69, 9.17) is 0 Å². The Morgan fingerprint density at radius 2 is 1.90 bits per heavy atom. The van der Waals surface area contributed by atoms with Crippen molar-refractivity contribution < 1.29 is 0 Å². The Kier molecular flexibility index (Phi) is 2.79. The molecule has 6 atom stereocenters. The predicted molar refractivity (Wildman–Crippen MR) is 85.4 cm³/mol. The zero-order chi connectivity index (χ0) is 14.0. The lowest BCUT2D eigenvalue weighted by Crippen LogP contribution is -2.48. The van der Waals surface area contributed by atoms with Crippen molar-refractivity contribution in [3.63, 3.8) is 0 Å². The van der Waals surface area contributed by atoms with Gasteiger partial charge in [-0.3, -0.25) is 0 Å². The summed E-state index contributed by atoms with van der Waals surface area (Å²) in [5.41, 5.74) is 2.93. The third-order valence-corrected chi connectivity index (χ3v) is 7.68. The quantitative estimate of drug-likeness (QED) is 0.491. The average Bonchev–Trinajstić information content (AvgIpc) is 2.81. The molecule has 20 heavy (non-hydrogen) atoms. The molecule has 4 rings (SSSR count). The van der Waals surface area contributed by atoms with Crippen LogP contribution in [0.15, 0.2) is 23.8 Å². The lowest BCUT2D eigenvalue weighted by molar-refractivity contribution is -0.0167. The second kappa shape index (κ2) is 4.24. The van der Waals surface area contributed by atoms with E-state index in [1.807, 2.05) is 5.57 Å². The molecule has 0 aromatic rings. The fourth-order valence-electron chi connectivity index (χ4n) is 6.33. The van der Waals surface area contributed by atoms with Gasteiger partial charge in [-0.1, -0.05) is 44.6 Å². The topological polar surface area (TPSA) is 0 Å². The highest BCUT2D eigenvalue weighted by Gasteiger charge is 2.54. The van der Waals surface area contributed by atoms with Gasteiger partial charge in [-0.15, -0.1) is 0 Å². The number of allylic oxidation sites excluding steroid dienone is 4. The van der Waals surface area contributed by atoms with E-state index in [-0.39, 0.29) is 0 Å². The van der Waals surface area contributed by atoms with E-state index in [9.17, 15) is 0 Å². The lowest BCUT2D eigenvalue weighted by atomic mass is 9.47. The van der Waals surface area contributed by atoms with E-state index in [1.54, 1.807) is 0 Å². The second-order valence-electron chi connectivity index (χ2n) is 8.79. The van der Waals surface area contributed by atoms with Gasteiger partial charge in [0.1, 0.15) is 0 Å². The van der Waals surface area contributed by atoms with Gasteiger partial charge in [-0.05, 0) is 79.4 Å². The minimum atomic E-state index is 0.533. The van der Waals surface area contributed by atoms with Gasteiger partial charge in [0, 0.05) is 0 Å². The van der Waals surface area contributed by atoms with E-state index in [2.05, 4.69) is 39.0 Å². The van der Waals surface area contributed by atoms with Gasteiger partial charge in [-0.2, -0.15) is 0 Å². The van der Waals surface area contributed by atoms with E-state index in [0.717, 1.165) is 23.7 Å². The Morgan fingerprint density at radius 3 is 2.75 bits per heavy atom. The number of hydrogen-bond acceptors (Lipinski definition) is 0. The van der Waals surface area contributed by atoms with Crippen LogP contribution in [0.1, 0.15) is 65.7 Å². The first kappa shape index (κ1) is 13.2. The van der Waals surface area contributed by atoms with E-state index >= 15 is 0 Å². The number of fused-ring (bicyclic) bond motifs is 5. The summed E-state index contributed by atoms with van der Waals surface area (Å²) in [6.45, 7) is 7.60. The molecule has 0 saturated heterocycles. The maximum Gasteiger partial charge on any atom is -0.00851 e. The van der Waals surface area contributed by atoms with Gasteiger partial charge in [0.25, 0.3) is 0 Å². The summed E-state index contributed by atoms with van der Waals surface area (Å²) in [6, 6.07) is 0. The van der Waals surface area contributed by atoms with Gasteiger partial charge in [0.05, 0.1) is 0 Å². The molecule has 0 aliphatic heterocycles. The molecule has 4 aliphatic carbocycles. The smallest absolute Gasteiger partial charge is 0.00851 e. The molecule has 0 aromatic heterocycles. The zero-order valence-corrected chi connectivity index (χ0v) is 13.5. The van der Waals surface area contributed by atoms with Crippen molar-refractivity contribution in [3.05, 3.63) is 23.8 Å². The Bertz CT molecular complexity index is 470. The number of rotatable bonds is 0. The highest BCUT2D eigenvalue weighted by atomic mass is 14.6. The van der Waals surface area contributed by atoms with Gasteiger partial charge in [0.15, 0.2) is 0 Å². The molecule has 0 nitrogen and oxygen atoms in total. The first-order valence-corrected chi connectivity index (χ1v) is 8.90. The largest absolute Gasteiger partial charge is 0.0877 e. The molecule has 0 amide bonds. The van der Waals surface area contributed by atoms with Gasteiger partial charge >= 0.3 is 0 Å². The van der Waals surface area contributed by atoms with Crippen LogP contribution in [0.2, 0.25) is 0 Å². The lowest BCUT2D eigenvalue weighted by Gasteiger charge is -2.57. The van der Waals surface area contributed by atoms with Crippen LogP contribution in [0.3, 0.4) is 0 Å². The summed E-state index contributed by atoms with van der Waals surface area (Å²) < 4.78 is 0. The van der Waals surface area contributed by atoms with Crippen molar-refractivity contribution in [2.24, 2.45) is 34.5 Å². The molecule has 0 N–H and O–H groups in total. The van der Waals surface area contributed by atoms with Crippen LogP contribution in [0, 0.1) is 34.5 Å². The third kappa shape index (κ3) is 1.66. The SMILES string of the molecule is CC1CCC2(C)C(=CCC3C4CC=CC4(C)CCC32)C1. The van der Waals surface area contributed by atoms with E-state index in [1.165, 1.54) is 44.9 Å². The molecular formula is C20H30. The number of hydrogen-bond donors (Lipinski definition) is 0. The van der Waals surface area contributed by atoms with Crippen molar-refractivity contribution in [2.75, 3.05) is 0 Å². The van der Waals surface area contributed by atoms with Crippen molar-refractivity contribution in [1.29, 1.82) is 0 Å². The van der Waals surface area contributed by atoms with Crippen molar-refractivity contribution in [1.82, 2.24) is 0 Å². The molecule has 2 fully saturated rings. The first-order valence-electron chi connectivity index (χ1n) is 8.90. The molecule has 0 radical (unpaired) electrons. The first-order chi connectivity index (χ1) is 9.53. The highest BCUT2D eigenvalue weighted by molar-refractivity contribution is 5.26. The summed E-state index contributed by atoms with van der Waals surface area (Å²) in [6.07, 6.45) is 17.7. The molecule has 0 bridgehead atoms. The molecule has 4 aliphatic rings. The van der Waals surface area contributed by atoms with Crippen LogP contribution in [0.25, 0.3) is 0 Å². The summed E-state index contributed by atoms with van der Waals surface area (Å²) in [5.74, 6) is 3.81. The average molecular weight is 270 g/mol. The van der Waals surface area contributed by atoms with Crippen LogP contribution in [0.4, 0.5) is 0 Å². The minimum absolute atomic E-state index is 0.533. The second-order valence-corrected chi connectivity index (χ2v) is 8.79. The Labute approximate surface area is 124 Å². The summed E-state index contributed by atoms with van der Waals surface area (Å²) in [5, 5.41) is 0. The fourth-order valence-corrected chi connectivity index (χ4v) is 6.33. The van der Waals surface area contributed by atoms with Crippen LogP contribution < -0.4 is 0 Å². The zero-order valence-electron chi connectivity index (χ0n) is 13.5. The maximum absolute atomic E-state index is 2.68. The van der Waals surface area contributed by atoms with Crippen LogP contribution in [-0.4, -0.2) is 0 Å². The maximum atomic E-state index is 2.68. The Morgan fingerprint density at radius 1 is 1.05 bits per heavy atom. The molecule has 2 saturated carbocycles. The normalized spacial score (nSPS) is 53.9. The molecule has 0 heterocycles. The van der Waals surface area contributed by atoms with Crippen molar-refractivity contribution in [2.45, 2.75) is 65.7 Å². The van der Waals surface area contributed by atoms with Crippen LogP contribution in [0.5, 0.6) is 0 Å². The van der Waals surface area contributed by atoms with E-state index in [0.29, 0.717) is 10.8 Å². The van der Waals surface area contributed by atoms with Gasteiger partial charge in [0.2, 0.25) is 0 Å². The van der Waals surface area contributed by atoms with Gasteiger partial charge in [-0.25, -0.2) is 0 Å². The molecule has 0 spiro atoms. The van der Waals surface area contributed by atoms with Crippen molar-refractivity contribution >= 4 is 0 Å². The summed E-state index contributed by atoms with van der Waals surface area (Å²) in [4.78, 5) is 0. The van der Waals surface area contributed by atoms with Crippen LogP contribution in [-0.2, 0) is 0 Å². The Balaban J connectivity index is 1.68. The highest BCUT2D eigenvalue weighted by Crippen LogP contribution is 2.63. The predicted octanol–water partition coefficient (Wildman–Crippen LogP) is 5.75. The fraction of sp³-hybridized carbons (Fsp3) is 0.800. The van der Waals surface area contributed by atoms with Crippen molar-refractivity contribution in [3.8, 4) is 0 Å². The van der Waals surface area contributed by atoms with Gasteiger partial charge < -0.3 is 0 Å². The Hall–Kier alpha value is -0.520. The molecule has 0 aromatic carbocycles. The molecule has 0 heteroatoms. The standard InChI is InChI=1S/C20H30/c1-14-8-12-20(3)15(13-14)6-7-16-17-5-4-10-19(17,2)11-9-18(16)20/h4,6,10,14,16-18H,5,7-9,11-13H2,1-3H3. The minimum Gasteiger partial charge on any atom is -0.0877 e. The summed E-state index contributed by atoms with van der Waals surface area (Å²) in [7, 11) is 0. The molecule has 110 valence electrons. The summed E-state index contributed by atoms with van der Waals surface area (Å²) >= 11 is 0.